The third-order valence-corrected chi connectivity index (χ3v) is 12.7. The Morgan fingerprint density at radius 2 is 0.836 bits per heavy atom. The molecule has 2 rings (SSSR count). The van der Waals surface area contributed by atoms with Crippen LogP contribution in [0.3, 0.4) is 0 Å². The van der Waals surface area contributed by atoms with Gasteiger partial charge in [0, 0.05) is 95.7 Å². The van der Waals surface area contributed by atoms with E-state index in [0.29, 0.717) is 77.5 Å². The second kappa shape index (κ2) is 39.0. The van der Waals surface area contributed by atoms with Crippen molar-refractivity contribution in [2.45, 2.75) is 186 Å². The number of Topliss-reactive ketones (excluding diaryl/α,β-unsaturated/α-hetero) is 1. The van der Waals surface area contributed by atoms with Crippen LogP contribution in [0.1, 0.15) is 130 Å². The van der Waals surface area contributed by atoms with Crippen molar-refractivity contribution in [3.8, 4) is 0 Å². The molecule has 0 bridgehead atoms. The molecule has 2 saturated heterocycles. The van der Waals surface area contributed by atoms with Crippen LogP contribution in [0.5, 0.6) is 0 Å². The van der Waals surface area contributed by atoms with Crippen LogP contribution in [0.4, 0.5) is 0 Å². The third-order valence-electron chi connectivity index (χ3n) is 12.7. The molecule has 0 aliphatic carbocycles. The Bertz CT molecular complexity index is 1470. The minimum absolute atomic E-state index is 0.0133. The summed E-state index contributed by atoms with van der Waals surface area (Å²) in [6.07, 6.45) is -0.0990. The summed E-state index contributed by atoms with van der Waals surface area (Å²) in [6, 6.07) is -0.536. The van der Waals surface area contributed by atoms with Gasteiger partial charge in [-0.3, -0.25) is 28.8 Å². The zero-order valence-corrected chi connectivity index (χ0v) is 43.8. The van der Waals surface area contributed by atoms with Crippen molar-refractivity contribution in [2.24, 2.45) is 17.8 Å². The molecule has 23 heteroatoms. The molecule has 0 saturated carbocycles. The summed E-state index contributed by atoms with van der Waals surface area (Å²) < 4.78 is 33.9. The van der Waals surface area contributed by atoms with Gasteiger partial charge in [-0.05, 0) is 51.4 Å². The highest BCUT2D eigenvalue weighted by Gasteiger charge is 2.43. The maximum atomic E-state index is 12.8. The van der Waals surface area contributed by atoms with Crippen LogP contribution in [0, 0.1) is 17.8 Å². The normalized spacial score (nSPS) is 24.4. The minimum atomic E-state index is -1.20. The molecule has 5 amide bonds. The lowest BCUT2D eigenvalue weighted by molar-refractivity contribution is -0.282. The molecular weight excluding hydrogens is 959 g/mol. The van der Waals surface area contributed by atoms with E-state index >= 15 is 0 Å². The van der Waals surface area contributed by atoms with Crippen molar-refractivity contribution in [3.63, 3.8) is 0 Å². The molecular formula is C50H91N5O18. The van der Waals surface area contributed by atoms with E-state index in [0.717, 1.165) is 19.3 Å². The fraction of sp³-hybridized carbons (Fsp3) is 0.880. The largest absolute Gasteiger partial charge is 0.394 e. The number of aliphatic hydroxyl groups is 6. The number of hydrogen-bond donors (Lipinski definition) is 11. The van der Waals surface area contributed by atoms with E-state index in [1.165, 1.54) is 0 Å². The number of hydrogen-bond acceptors (Lipinski definition) is 18. The van der Waals surface area contributed by atoms with Gasteiger partial charge in [0.1, 0.15) is 30.2 Å². The van der Waals surface area contributed by atoms with Gasteiger partial charge in [-0.1, -0.05) is 40.5 Å². The fourth-order valence-corrected chi connectivity index (χ4v) is 7.88. The Morgan fingerprint density at radius 1 is 0.466 bits per heavy atom. The van der Waals surface area contributed by atoms with E-state index in [9.17, 15) is 59.4 Å². The van der Waals surface area contributed by atoms with Gasteiger partial charge in [0.25, 0.3) is 0 Å². The number of amides is 5. The van der Waals surface area contributed by atoms with E-state index in [-0.39, 0.29) is 113 Å². The summed E-state index contributed by atoms with van der Waals surface area (Å²) in [6.45, 7) is 8.55. The first-order chi connectivity index (χ1) is 35.0. The molecule has 23 nitrogen and oxygen atoms in total. The van der Waals surface area contributed by atoms with Crippen molar-refractivity contribution in [3.05, 3.63) is 0 Å². The standard InChI is InChI=1S/C50H91N5O18/c1-33(2)37(58)15-7-5-6-8-18-44(63)55-36(31-68-27-19-42(61)53-23-13-21-51-40(59)16-9-11-25-70-49-34(3)45(64)47(66)38(29-56)72-49)32-69-28-20-43(62)54-24-14-22-52-41(60)17-10-12-26-71-50-35(4)46(65)48(67)39(30-57)73-50/h33-36,38-39,45-50,56-57,64-67H,5-32H2,1-4H3,(H,51,59)(H,52,60)(H,53,61)(H,54,62)(H,55,63). The Balaban J connectivity index is 1.59. The molecule has 11 N–H and O–H groups in total. The summed E-state index contributed by atoms with van der Waals surface area (Å²) >= 11 is 0. The Kier molecular flexibility index (Phi) is 35.1. The van der Waals surface area contributed by atoms with Crippen molar-refractivity contribution in [1.82, 2.24) is 26.6 Å². The Hall–Kier alpha value is -3.46. The van der Waals surface area contributed by atoms with E-state index in [4.69, 9.17) is 28.4 Å². The Labute approximate surface area is 431 Å². The molecule has 2 aliphatic rings. The maximum absolute atomic E-state index is 12.8. The summed E-state index contributed by atoms with van der Waals surface area (Å²) in [5.41, 5.74) is 0. The second-order valence-corrected chi connectivity index (χ2v) is 19.3. The lowest BCUT2D eigenvalue weighted by Crippen LogP contribution is -2.55. The van der Waals surface area contributed by atoms with Crippen molar-refractivity contribution < 1.29 is 87.8 Å². The molecule has 0 aromatic carbocycles. The zero-order valence-electron chi connectivity index (χ0n) is 43.8. The molecule has 0 spiro atoms. The predicted molar refractivity (Wildman–Crippen MR) is 265 cm³/mol. The van der Waals surface area contributed by atoms with Gasteiger partial charge in [0.2, 0.25) is 29.5 Å². The van der Waals surface area contributed by atoms with Crippen molar-refractivity contribution >= 4 is 35.3 Å². The van der Waals surface area contributed by atoms with Gasteiger partial charge in [0.15, 0.2) is 12.6 Å². The molecule has 73 heavy (non-hydrogen) atoms. The average Bonchev–Trinajstić information content (AvgIpc) is 3.36. The smallest absolute Gasteiger partial charge is 0.222 e. The van der Waals surface area contributed by atoms with Crippen molar-refractivity contribution in [2.75, 3.05) is 79.0 Å². The monoisotopic (exact) mass is 1050 g/mol. The van der Waals surface area contributed by atoms with Crippen LogP contribution in [0.15, 0.2) is 0 Å². The molecule has 0 aromatic heterocycles. The quantitative estimate of drug-likeness (QED) is 0.0348. The summed E-state index contributed by atoms with van der Waals surface area (Å²) in [4.78, 5) is 74.2. The van der Waals surface area contributed by atoms with E-state index in [1.54, 1.807) is 13.8 Å². The topological polar surface area (TPSA) is 339 Å². The Morgan fingerprint density at radius 3 is 1.23 bits per heavy atom. The molecule has 2 aliphatic heterocycles. The average molecular weight is 1050 g/mol. The van der Waals surface area contributed by atoms with Crippen LogP contribution in [-0.2, 0) is 57.2 Å². The number of carbonyl (C=O) groups is 6. The van der Waals surface area contributed by atoms with E-state index < -0.39 is 80.3 Å². The van der Waals surface area contributed by atoms with Crippen LogP contribution < -0.4 is 26.6 Å². The number of rotatable bonds is 41. The SMILES string of the molecule is CC(C)C(=O)CCCCCCC(=O)NC(COCCC(=O)NCCCNC(=O)CCCCOC1OC(CO)C(O)C(O)C1C)COCCC(=O)NCCCNC(=O)CCCCOC1OC(CO)C(O)C(O)C1C. The number of ketones is 1. The van der Waals surface area contributed by atoms with E-state index in [2.05, 4.69) is 26.6 Å². The molecule has 0 radical (unpaired) electrons. The minimum Gasteiger partial charge on any atom is -0.394 e. The van der Waals surface area contributed by atoms with Gasteiger partial charge in [0.05, 0.1) is 57.9 Å². The van der Waals surface area contributed by atoms with Gasteiger partial charge in [-0.25, -0.2) is 0 Å². The molecule has 2 fully saturated rings. The predicted octanol–water partition coefficient (Wildman–Crippen LogP) is -0.381. The van der Waals surface area contributed by atoms with Crippen LogP contribution in [0.2, 0.25) is 0 Å². The molecule has 0 aromatic rings. The molecule has 2 heterocycles. The number of carbonyl (C=O) groups excluding carboxylic acids is 6. The van der Waals surface area contributed by atoms with Crippen molar-refractivity contribution in [1.29, 1.82) is 0 Å². The lowest BCUT2D eigenvalue weighted by atomic mass is 9.92. The molecule has 10 unspecified atom stereocenters. The van der Waals surface area contributed by atoms with Gasteiger partial charge in [-0.2, -0.15) is 0 Å². The van der Waals surface area contributed by atoms with Crippen LogP contribution in [0.25, 0.3) is 0 Å². The summed E-state index contributed by atoms with van der Waals surface area (Å²) in [7, 11) is 0. The zero-order chi connectivity index (χ0) is 54.0. The third kappa shape index (κ3) is 28.3. The number of aliphatic hydroxyl groups excluding tert-OH is 6. The highest BCUT2D eigenvalue weighted by atomic mass is 16.7. The van der Waals surface area contributed by atoms with Crippen LogP contribution >= 0.6 is 0 Å². The first kappa shape index (κ1) is 65.7. The fourth-order valence-electron chi connectivity index (χ4n) is 7.88. The second-order valence-electron chi connectivity index (χ2n) is 19.3. The maximum Gasteiger partial charge on any atom is 0.222 e. The lowest BCUT2D eigenvalue weighted by Gasteiger charge is -2.40. The van der Waals surface area contributed by atoms with Gasteiger partial charge >= 0.3 is 0 Å². The summed E-state index contributed by atoms with van der Waals surface area (Å²) in [5.74, 6) is -1.67. The molecule has 424 valence electrons. The summed E-state index contributed by atoms with van der Waals surface area (Å²) in [5, 5.41) is 73.2. The molecule has 10 atom stereocenters. The van der Waals surface area contributed by atoms with Gasteiger partial charge in [-0.15, -0.1) is 0 Å². The number of unbranched alkanes of at least 4 members (excludes halogenated alkanes) is 5. The highest BCUT2D eigenvalue weighted by molar-refractivity contribution is 5.80. The first-order valence-electron chi connectivity index (χ1n) is 26.5. The van der Waals surface area contributed by atoms with Crippen LogP contribution in [-0.4, -0.2) is 200 Å². The first-order valence-corrected chi connectivity index (χ1v) is 26.5. The number of nitrogens with one attached hydrogen (secondary N) is 5. The van der Waals surface area contributed by atoms with Gasteiger partial charge < -0.3 is 85.6 Å². The van der Waals surface area contributed by atoms with E-state index in [1.807, 2.05) is 13.8 Å². The number of ether oxygens (including phenoxy) is 6. The highest BCUT2D eigenvalue weighted by Crippen LogP contribution is 2.28.